The number of benzene rings is 1. The molecule has 0 spiro atoms. The third-order valence-electron chi connectivity index (χ3n) is 4.89. The van der Waals surface area contributed by atoms with Crippen molar-refractivity contribution in [2.24, 2.45) is 21.5 Å². The van der Waals surface area contributed by atoms with Crippen LogP contribution in [0.4, 0.5) is 0 Å². The van der Waals surface area contributed by atoms with Gasteiger partial charge in [0.1, 0.15) is 0 Å². The van der Waals surface area contributed by atoms with Crippen molar-refractivity contribution in [3.63, 3.8) is 0 Å². The molecule has 0 amide bonds. The van der Waals surface area contributed by atoms with Crippen LogP contribution in [0.3, 0.4) is 0 Å². The van der Waals surface area contributed by atoms with Crippen LogP contribution in [0.5, 0.6) is 0 Å². The molecule has 1 aromatic rings. The number of hydrogen-bond donors (Lipinski definition) is 2. The van der Waals surface area contributed by atoms with Crippen LogP contribution in [0.15, 0.2) is 40.3 Å². The van der Waals surface area contributed by atoms with Gasteiger partial charge < -0.3 is 21.3 Å². The summed E-state index contributed by atoms with van der Waals surface area (Å²) in [5, 5.41) is 0. The van der Waals surface area contributed by atoms with Crippen LogP contribution in [0, 0.1) is 0 Å². The zero-order valence-electron chi connectivity index (χ0n) is 14.4. The highest BCUT2D eigenvalue weighted by Crippen LogP contribution is 2.27. The second-order valence-corrected chi connectivity index (χ2v) is 6.53. The molecule has 0 bridgehead atoms. The Hall–Kier alpha value is -2.24. The summed E-state index contributed by atoms with van der Waals surface area (Å²) in [6.45, 7) is 5.88. The number of likely N-dealkylation sites (N-methyl/N-ethyl adjacent to an activating group) is 1. The average molecular weight is 328 g/mol. The molecular weight excluding hydrogens is 300 g/mol. The van der Waals surface area contributed by atoms with E-state index in [-0.39, 0.29) is 5.96 Å². The minimum atomic E-state index is 0.182. The molecule has 0 aliphatic carbocycles. The summed E-state index contributed by atoms with van der Waals surface area (Å²) in [6.07, 6.45) is 3.16. The fourth-order valence-corrected chi connectivity index (χ4v) is 3.76. The fourth-order valence-electron chi connectivity index (χ4n) is 3.76. The summed E-state index contributed by atoms with van der Waals surface area (Å²) in [5.41, 5.74) is 12.2. The molecule has 0 saturated carbocycles. The molecule has 1 aromatic carbocycles. The van der Waals surface area contributed by atoms with Crippen LogP contribution in [0.25, 0.3) is 0 Å². The van der Waals surface area contributed by atoms with E-state index in [0.717, 1.165) is 38.9 Å². The van der Waals surface area contributed by atoms with E-state index in [1.165, 1.54) is 11.5 Å². The van der Waals surface area contributed by atoms with Gasteiger partial charge in [-0.25, -0.2) is 0 Å². The molecule has 0 radical (unpaired) electrons. The van der Waals surface area contributed by atoms with Gasteiger partial charge in [-0.15, -0.1) is 0 Å². The Balaban J connectivity index is 1.59. The van der Waals surface area contributed by atoms with Gasteiger partial charge in [-0.1, -0.05) is 30.3 Å². The number of nitrogens with zero attached hydrogens (tertiary/aromatic N) is 4. The first-order valence-corrected chi connectivity index (χ1v) is 8.86. The SMILES string of the molecule is CCN1C2=NC[C@H](Cc3ccccc3)N2C[C@H]1CCCN=C(N)N. The van der Waals surface area contributed by atoms with Crippen molar-refractivity contribution in [3.05, 3.63) is 35.9 Å². The van der Waals surface area contributed by atoms with E-state index in [1.807, 2.05) is 0 Å². The number of hydrogen-bond acceptors (Lipinski definition) is 4. The minimum absolute atomic E-state index is 0.182. The van der Waals surface area contributed by atoms with E-state index in [1.54, 1.807) is 0 Å². The molecule has 3 rings (SSSR count). The third-order valence-corrected chi connectivity index (χ3v) is 4.89. The standard InChI is InChI=1S/C18H28N6/c1-2-23-15(9-6-10-21-17(19)20)13-24-16(12-22-18(23)24)11-14-7-4-3-5-8-14/h3-5,7-8,15-16H,2,6,9-13H2,1H3,(H4,19,20,21)/t15-,16+/m1/s1. The van der Waals surface area contributed by atoms with Crippen LogP contribution in [-0.4, -0.2) is 60.0 Å². The first-order valence-electron chi connectivity index (χ1n) is 8.86. The number of nitrogens with two attached hydrogens (primary N) is 2. The molecule has 4 N–H and O–H groups in total. The maximum atomic E-state index is 5.40. The summed E-state index contributed by atoms with van der Waals surface area (Å²) in [4.78, 5) is 13.9. The van der Waals surface area contributed by atoms with E-state index < -0.39 is 0 Å². The second kappa shape index (κ2) is 7.55. The summed E-state index contributed by atoms with van der Waals surface area (Å²) in [5.74, 6) is 1.37. The van der Waals surface area contributed by atoms with Crippen LogP contribution >= 0.6 is 0 Å². The number of fused-ring (bicyclic) bond motifs is 1. The zero-order valence-corrected chi connectivity index (χ0v) is 14.4. The molecule has 2 atom stereocenters. The molecule has 24 heavy (non-hydrogen) atoms. The Bertz CT molecular complexity index is 593. The monoisotopic (exact) mass is 328 g/mol. The molecule has 130 valence electrons. The maximum absolute atomic E-state index is 5.40. The first-order chi connectivity index (χ1) is 11.7. The Morgan fingerprint density at radius 1 is 1.25 bits per heavy atom. The molecule has 6 heteroatoms. The lowest BCUT2D eigenvalue weighted by Crippen LogP contribution is -2.37. The van der Waals surface area contributed by atoms with E-state index in [2.05, 4.69) is 52.0 Å². The second-order valence-electron chi connectivity index (χ2n) is 6.53. The molecule has 2 heterocycles. The third kappa shape index (κ3) is 3.63. The van der Waals surface area contributed by atoms with Gasteiger partial charge in [0, 0.05) is 25.7 Å². The highest BCUT2D eigenvalue weighted by Gasteiger charge is 2.40. The van der Waals surface area contributed by atoms with E-state index in [4.69, 9.17) is 16.5 Å². The Morgan fingerprint density at radius 2 is 2.04 bits per heavy atom. The Morgan fingerprint density at radius 3 is 2.75 bits per heavy atom. The summed E-state index contributed by atoms with van der Waals surface area (Å²) in [7, 11) is 0. The van der Waals surface area contributed by atoms with Crippen molar-refractivity contribution in [1.29, 1.82) is 0 Å². The normalized spacial score (nSPS) is 22.5. The molecule has 2 aliphatic rings. The highest BCUT2D eigenvalue weighted by atomic mass is 15.5. The summed E-state index contributed by atoms with van der Waals surface area (Å²) in [6, 6.07) is 11.7. The van der Waals surface area contributed by atoms with Gasteiger partial charge in [-0.3, -0.25) is 9.98 Å². The summed E-state index contributed by atoms with van der Waals surface area (Å²) < 4.78 is 0. The largest absolute Gasteiger partial charge is 0.370 e. The van der Waals surface area contributed by atoms with Crippen LogP contribution in [-0.2, 0) is 6.42 Å². The lowest BCUT2D eigenvalue weighted by atomic mass is 10.0. The molecular formula is C18H28N6. The predicted molar refractivity (Wildman–Crippen MR) is 99.0 cm³/mol. The zero-order chi connectivity index (χ0) is 16.9. The number of guanidine groups is 2. The van der Waals surface area contributed by atoms with Crippen molar-refractivity contribution in [1.82, 2.24) is 9.80 Å². The average Bonchev–Trinajstić information content (AvgIpc) is 3.12. The molecule has 2 aliphatic heterocycles. The van der Waals surface area contributed by atoms with Gasteiger partial charge in [0.2, 0.25) is 0 Å². The quantitative estimate of drug-likeness (QED) is 0.445. The Kier molecular flexibility index (Phi) is 5.23. The van der Waals surface area contributed by atoms with E-state index in [0.29, 0.717) is 18.6 Å². The van der Waals surface area contributed by atoms with E-state index >= 15 is 0 Å². The van der Waals surface area contributed by atoms with Crippen molar-refractivity contribution in [2.75, 3.05) is 26.2 Å². The van der Waals surface area contributed by atoms with Gasteiger partial charge in [0.15, 0.2) is 11.9 Å². The van der Waals surface area contributed by atoms with Gasteiger partial charge in [0.05, 0.1) is 12.6 Å². The minimum Gasteiger partial charge on any atom is -0.370 e. The van der Waals surface area contributed by atoms with Gasteiger partial charge in [-0.2, -0.15) is 0 Å². The van der Waals surface area contributed by atoms with Gasteiger partial charge in [-0.05, 0) is 31.7 Å². The molecule has 0 unspecified atom stereocenters. The highest BCUT2D eigenvalue weighted by molar-refractivity contribution is 5.84. The van der Waals surface area contributed by atoms with E-state index in [9.17, 15) is 0 Å². The van der Waals surface area contributed by atoms with Crippen molar-refractivity contribution in [3.8, 4) is 0 Å². The van der Waals surface area contributed by atoms with Crippen LogP contribution in [0.1, 0.15) is 25.3 Å². The lowest BCUT2D eigenvalue weighted by Gasteiger charge is -2.23. The van der Waals surface area contributed by atoms with Crippen LogP contribution in [0.2, 0.25) is 0 Å². The fraction of sp³-hybridized carbons (Fsp3) is 0.556. The molecule has 0 aromatic heterocycles. The Labute approximate surface area is 144 Å². The molecule has 1 saturated heterocycles. The van der Waals surface area contributed by atoms with Crippen LogP contribution < -0.4 is 11.5 Å². The summed E-state index contributed by atoms with van der Waals surface area (Å²) >= 11 is 0. The van der Waals surface area contributed by atoms with Crippen molar-refractivity contribution < 1.29 is 0 Å². The first kappa shape index (κ1) is 16.6. The van der Waals surface area contributed by atoms with Gasteiger partial charge >= 0.3 is 0 Å². The van der Waals surface area contributed by atoms with Crippen molar-refractivity contribution in [2.45, 2.75) is 38.3 Å². The number of rotatable bonds is 7. The topological polar surface area (TPSA) is 83.2 Å². The molecule has 1 fully saturated rings. The maximum Gasteiger partial charge on any atom is 0.197 e. The number of aliphatic imine (C=N–C) groups is 2. The van der Waals surface area contributed by atoms with Gasteiger partial charge in [0.25, 0.3) is 0 Å². The predicted octanol–water partition coefficient (Wildman–Crippen LogP) is 1.03. The smallest absolute Gasteiger partial charge is 0.197 e. The molecule has 6 nitrogen and oxygen atoms in total. The van der Waals surface area contributed by atoms with Crippen molar-refractivity contribution >= 4 is 11.9 Å². The lowest BCUT2D eigenvalue weighted by molar-refractivity contribution is 0.306.